The van der Waals surface area contributed by atoms with Gasteiger partial charge in [-0.1, -0.05) is 82.3 Å². The van der Waals surface area contributed by atoms with Gasteiger partial charge < -0.3 is 25.9 Å². The number of hydrogen-bond acceptors (Lipinski definition) is 4. The van der Waals surface area contributed by atoms with Gasteiger partial charge in [0.25, 0.3) is 0 Å². The number of nitrogens with one attached hydrogen (secondary N) is 3. The number of amides is 2. The summed E-state index contributed by atoms with van der Waals surface area (Å²) in [5.74, 6) is -1.14. The summed E-state index contributed by atoms with van der Waals surface area (Å²) in [6, 6.07) is 23.4. The van der Waals surface area contributed by atoms with Crippen LogP contribution in [0.5, 0.6) is 0 Å². The summed E-state index contributed by atoms with van der Waals surface area (Å²) in [4.78, 5) is 22.4. The molecule has 0 fully saturated rings. The van der Waals surface area contributed by atoms with Gasteiger partial charge in [-0.2, -0.15) is 0 Å². The van der Waals surface area contributed by atoms with Crippen LogP contribution in [0.15, 0.2) is 84.9 Å². The van der Waals surface area contributed by atoms with Crippen molar-refractivity contribution in [1.82, 2.24) is 0 Å². The Morgan fingerprint density at radius 1 is 0.667 bits per heavy atom. The van der Waals surface area contributed by atoms with E-state index in [4.69, 9.17) is 58.0 Å². The molecule has 0 aromatic heterocycles. The zero-order chi connectivity index (χ0) is 27.7. The number of halogens is 5. The van der Waals surface area contributed by atoms with Crippen molar-refractivity contribution in [1.29, 1.82) is 0 Å². The second-order valence-electron chi connectivity index (χ2n) is 7.64. The molecule has 0 spiro atoms. The molecule has 0 aliphatic rings. The van der Waals surface area contributed by atoms with Crippen molar-refractivity contribution in [2.24, 2.45) is 0 Å². The number of rotatable bonds is 6. The fourth-order valence-corrected chi connectivity index (χ4v) is 4.02. The summed E-state index contributed by atoms with van der Waals surface area (Å²) >= 11 is 29.5. The van der Waals surface area contributed by atoms with Gasteiger partial charge in [0.2, 0.25) is 0 Å². The second kappa shape index (κ2) is 16.2. The molecular weight excluding hydrogens is 615 g/mol. The van der Waals surface area contributed by atoms with Crippen LogP contribution in [0.25, 0.3) is 0 Å². The van der Waals surface area contributed by atoms with E-state index in [1.54, 1.807) is 84.9 Å². The number of carboxylic acid groups (broad SMARTS) is 1. The summed E-state index contributed by atoms with van der Waals surface area (Å²) in [6.45, 7) is 0. The molecule has 0 unspecified atom stereocenters. The summed E-state index contributed by atoms with van der Waals surface area (Å²) in [6.07, 6.45) is -0.175. The van der Waals surface area contributed by atoms with Crippen molar-refractivity contribution in [3.05, 3.63) is 116 Å². The van der Waals surface area contributed by atoms with Gasteiger partial charge in [0, 0.05) is 34.5 Å². The Morgan fingerprint density at radius 2 is 1.26 bits per heavy atom. The number of carbonyl (C=O) groups excluding carboxylic acids is 2. The fourth-order valence-electron chi connectivity index (χ4n) is 3.10. The molecule has 0 atom stereocenters. The van der Waals surface area contributed by atoms with E-state index >= 15 is 0 Å². The average molecular weight is 634 g/mol. The molecule has 0 radical (unpaired) electrons. The van der Waals surface area contributed by atoms with Crippen LogP contribution >= 0.6 is 58.0 Å². The predicted octanol–water partition coefficient (Wildman–Crippen LogP) is 5.32. The molecule has 4 rings (SSSR count). The monoisotopic (exact) mass is 631 g/mol. The van der Waals surface area contributed by atoms with Gasteiger partial charge in [-0.05, 0) is 66.2 Å². The second-order valence-corrected chi connectivity index (χ2v) is 9.71. The third kappa shape index (κ3) is 10.7. The maximum atomic E-state index is 11.7. The van der Waals surface area contributed by atoms with Crippen LogP contribution in [0.1, 0.15) is 5.56 Å². The summed E-state index contributed by atoms with van der Waals surface area (Å²) in [5, 5.41) is 21.4. The van der Waals surface area contributed by atoms with Crippen LogP contribution < -0.4 is 50.6 Å². The number of para-hydroxylation sites is 2. The average Bonchev–Trinajstić information content (AvgIpc) is 2.86. The molecule has 196 valence electrons. The van der Waals surface area contributed by atoms with Gasteiger partial charge in [0.05, 0.1) is 25.8 Å². The quantitative estimate of drug-likeness (QED) is 0.251. The van der Waals surface area contributed by atoms with Gasteiger partial charge >= 0.3 is 35.6 Å². The van der Waals surface area contributed by atoms with Crippen LogP contribution in [0.4, 0.5) is 27.5 Å². The Morgan fingerprint density at radius 3 is 1.87 bits per heavy atom. The maximum absolute atomic E-state index is 11.7. The summed E-state index contributed by atoms with van der Waals surface area (Å²) in [7, 11) is 0. The number of anilines is 4. The number of carboxylic acids is 1. The Hall–Kier alpha value is -2.13. The van der Waals surface area contributed by atoms with Crippen LogP contribution in [-0.4, -0.2) is 12.0 Å². The van der Waals surface area contributed by atoms with Gasteiger partial charge in [-0.15, -0.1) is 0 Å². The zero-order valence-corrected chi connectivity index (χ0v) is 26.2. The topological polar surface area (TPSA) is 93.3 Å². The molecule has 39 heavy (non-hydrogen) atoms. The molecular formula is C27H19Cl5N3NaO3. The number of aliphatic carboxylic acids is 1. The van der Waals surface area contributed by atoms with Crippen molar-refractivity contribution in [3.8, 4) is 0 Å². The number of hydrogen-bond donors (Lipinski definition) is 3. The van der Waals surface area contributed by atoms with Crippen LogP contribution in [-0.2, 0) is 11.2 Å². The van der Waals surface area contributed by atoms with E-state index in [9.17, 15) is 14.7 Å². The molecule has 0 aliphatic heterocycles. The van der Waals surface area contributed by atoms with Crippen LogP contribution in [0, 0.1) is 0 Å². The Bertz CT molecular complexity index is 1420. The third-order valence-corrected chi connectivity index (χ3v) is 6.48. The normalized spacial score (nSPS) is 9.87. The van der Waals surface area contributed by atoms with E-state index in [0.717, 1.165) is 0 Å². The molecule has 12 heteroatoms. The first-order valence-corrected chi connectivity index (χ1v) is 12.8. The fraction of sp³-hybridized carbons (Fsp3) is 0.0370. The summed E-state index contributed by atoms with van der Waals surface area (Å²) < 4.78 is 0. The van der Waals surface area contributed by atoms with Crippen molar-refractivity contribution < 1.29 is 44.3 Å². The first-order valence-electron chi connectivity index (χ1n) is 10.9. The van der Waals surface area contributed by atoms with E-state index in [1.165, 1.54) is 0 Å². The minimum atomic E-state index is -1.14. The van der Waals surface area contributed by atoms with E-state index < -0.39 is 5.97 Å². The number of benzene rings is 4. The Balaban J connectivity index is 0.000000267. The molecule has 0 aliphatic carbocycles. The molecule has 0 heterocycles. The van der Waals surface area contributed by atoms with Crippen LogP contribution in [0.3, 0.4) is 0 Å². The van der Waals surface area contributed by atoms with Crippen molar-refractivity contribution >= 4 is 92.8 Å². The zero-order valence-electron chi connectivity index (χ0n) is 20.4. The maximum Gasteiger partial charge on any atom is 1.00 e. The first-order chi connectivity index (χ1) is 18.1. The van der Waals surface area contributed by atoms with E-state index in [2.05, 4.69) is 16.0 Å². The van der Waals surface area contributed by atoms with Crippen molar-refractivity contribution in [2.45, 2.75) is 6.42 Å². The largest absolute Gasteiger partial charge is 1.00 e. The van der Waals surface area contributed by atoms with E-state index in [0.29, 0.717) is 53.4 Å². The Labute approximate surface area is 272 Å². The smallest absolute Gasteiger partial charge is 0.550 e. The molecule has 2 amide bonds. The molecule has 6 nitrogen and oxygen atoms in total. The third-order valence-electron chi connectivity index (χ3n) is 4.85. The summed E-state index contributed by atoms with van der Waals surface area (Å²) in [5.41, 5.74) is 3.00. The number of urea groups is 1. The van der Waals surface area contributed by atoms with Gasteiger partial charge in [0.1, 0.15) is 0 Å². The Kier molecular flexibility index (Phi) is 13.7. The van der Waals surface area contributed by atoms with Gasteiger partial charge in [-0.25, -0.2) is 4.79 Å². The minimum absolute atomic E-state index is 0. The van der Waals surface area contributed by atoms with Gasteiger partial charge in [0.15, 0.2) is 0 Å². The van der Waals surface area contributed by atoms with Gasteiger partial charge in [-0.3, -0.25) is 0 Å². The molecule has 4 aromatic rings. The molecule has 0 saturated carbocycles. The number of carbonyl (C=O) groups is 2. The van der Waals surface area contributed by atoms with Crippen LogP contribution in [0.2, 0.25) is 25.1 Å². The van der Waals surface area contributed by atoms with E-state index in [-0.39, 0.29) is 42.0 Å². The molecule has 0 bridgehead atoms. The van der Waals surface area contributed by atoms with Crippen molar-refractivity contribution in [3.63, 3.8) is 0 Å². The molecule has 4 aromatic carbocycles. The minimum Gasteiger partial charge on any atom is -0.550 e. The molecule has 3 N–H and O–H groups in total. The standard InChI is InChI=1S/C14H11Cl2NO2.C13H9Cl3N2O.Na/c15-10-5-3-6-11(16)14(10)17-12-7-2-1-4-9(12)8-13(18)19;14-8-1-3-9(4-2-8)17-13(19)18-10-5-6-11(15)12(16)7-10;/h1-7,17H,8H2,(H,18,19);1-7H,(H2,17,18,19);/q;;+1/p-1. The first kappa shape index (κ1) is 33.1. The predicted molar refractivity (Wildman–Crippen MR) is 155 cm³/mol. The SMILES string of the molecule is O=C(Nc1ccc(Cl)cc1)Nc1ccc(Cl)c(Cl)c1.O=C([O-])Cc1ccccc1Nc1c(Cl)cccc1Cl.[Na+]. The van der Waals surface area contributed by atoms with E-state index in [1.807, 2.05) is 0 Å². The molecule has 0 saturated heterocycles. The van der Waals surface area contributed by atoms with Crippen molar-refractivity contribution in [2.75, 3.05) is 16.0 Å².